The molecule has 23 heavy (non-hydrogen) atoms. The molecule has 1 aliphatic rings. The van der Waals surface area contributed by atoms with Crippen molar-refractivity contribution in [3.63, 3.8) is 0 Å². The zero-order chi connectivity index (χ0) is 16.7. The van der Waals surface area contributed by atoms with Gasteiger partial charge in [-0.1, -0.05) is 28.1 Å². The SMILES string of the molecule is CN=C(NCc1ccc(Br)cc1)NC1CCN(CC(F)F)CC1. The Kier molecular flexibility index (Phi) is 7.23. The Hall–Kier alpha value is -1.21. The molecule has 2 rings (SSSR count). The Morgan fingerprint density at radius 2 is 1.96 bits per heavy atom. The number of hydrogen-bond donors (Lipinski definition) is 2. The van der Waals surface area contributed by atoms with Crippen LogP contribution >= 0.6 is 15.9 Å². The van der Waals surface area contributed by atoms with Gasteiger partial charge in [0.2, 0.25) is 0 Å². The van der Waals surface area contributed by atoms with Gasteiger partial charge in [0.1, 0.15) is 0 Å². The number of halogens is 3. The van der Waals surface area contributed by atoms with Crippen molar-refractivity contribution >= 4 is 21.9 Å². The fourth-order valence-corrected chi connectivity index (χ4v) is 2.90. The maximum absolute atomic E-state index is 12.4. The van der Waals surface area contributed by atoms with Gasteiger partial charge in [0.25, 0.3) is 6.43 Å². The van der Waals surface area contributed by atoms with Crippen LogP contribution in [0.15, 0.2) is 33.7 Å². The molecule has 0 unspecified atom stereocenters. The van der Waals surface area contributed by atoms with Crippen LogP contribution in [0.25, 0.3) is 0 Å². The van der Waals surface area contributed by atoms with Gasteiger partial charge in [-0.2, -0.15) is 0 Å². The maximum Gasteiger partial charge on any atom is 0.251 e. The van der Waals surface area contributed by atoms with E-state index in [9.17, 15) is 8.78 Å². The van der Waals surface area contributed by atoms with E-state index in [1.54, 1.807) is 7.05 Å². The normalized spacial score (nSPS) is 17.5. The Morgan fingerprint density at radius 1 is 1.30 bits per heavy atom. The molecule has 1 aliphatic heterocycles. The van der Waals surface area contributed by atoms with Gasteiger partial charge in [0.15, 0.2) is 5.96 Å². The highest BCUT2D eigenvalue weighted by atomic mass is 79.9. The van der Waals surface area contributed by atoms with Crippen LogP contribution in [0.4, 0.5) is 8.78 Å². The number of nitrogens with one attached hydrogen (secondary N) is 2. The maximum atomic E-state index is 12.4. The van der Waals surface area contributed by atoms with Crippen molar-refractivity contribution in [1.82, 2.24) is 15.5 Å². The Morgan fingerprint density at radius 3 is 2.52 bits per heavy atom. The van der Waals surface area contributed by atoms with Crippen LogP contribution in [0, 0.1) is 0 Å². The average molecular weight is 389 g/mol. The second-order valence-corrected chi connectivity index (χ2v) is 6.58. The quantitative estimate of drug-likeness (QED) is 0.601. The highest BCUT2D eigenvalue weighted by Gasteiger charge is 2.21. The van der Waals surface area contributed by atoms with E-state index in [1.165, 1.54) is 5.56 Å². The number of alkyl halides is 2. The van der Waals surface area contributed by atoms with Crippen LogP contribution in [-0.4, -0.2) is 50.0 Å². The highest BCUT2D eigenvalue weighted by molar-refractivity contribution is 9.10. The predicted octanol–water partition coefficient (Wildman–Crippen LogP) is 2.84. The molecule has 1 aromatic carbocycles. The first kappa shape index (κ1) is 18.1. The summed E-state index contributed by atoms with van der Waals surface area (Å²) in [6.07, 6.45) is -0.544. The largest absolute Gasteiger partial charge is 0.354 e. The third-order valence-corrected chi connectivity index (χ3v) is 4.45. The molecule has 0 aliphatic carbocycles. The molecule has 0 radical (unpaired) electrons. The Labute approximate surface area is 144 Å². The van der Waals surface area contributed by atoms with Gasteiger partial charge < -0.3 is 10.6 Å². The van der Waals surface area contributed by atoms with E-state index in [1.807, 2.05) is 29.2 Å². The predicted molar refractivity (Wildman–Crippen MR) is 92.9 cm³/mol. The van der Waals surface area contributed by atoms with Gasteiger partial charge >= 0.3 is 0 Å². The lowest BCUT2D eigenvalue weighted by molar-refractivity contribution is 0.0744. The van der Waals surface area contributed by atoms with Crippen molar-refractivity contribution in [1.29, 1.82) is 0 Å². The van der Waals surface area contributed by atoms with Crippen LogP contribution < -0.4 is 10.6 Å². The summed E-state index contributed by atoms with van der Waals surface area (Å²) in [5.74, 6) is 0.750. The van der Waals surface area contributed by atoms with Crippen molar-refractivity contribution in [2.24, 2.45) is 4.99 Å². The zero-order valence-electron chi connectivity index (χ0n) is 13.2. The smallest absolute Gasteiger partial charge is 0.251 e. The van der Waals surface area contributed by atoms with Gasteiger partial charge in [-0.25, -0.2) is 8.78 Å². The van der Waals surface area contributed by atoms with E-state index in [0.29, 0.717) is 19.6 Å². The van der Waals surface area contributed by atoms with Crippen LogP contribution in [0.3, 0.4) is 0 Å². The topological polar surface area (TPSA) is 39.7 Å². The summed E-state index contributed by atoms with van der Waals surface area (Å²) in [6.45, 7) is 1.97. The van der Waals surface area contributed by atoms with E-state index in [-0.39, 0.29) is 12.6 Å². The first-order chi connectivity index (χ1) is 11.1. The molecule has 0 atom stereocenters. The molecule has 0 saturated carbocycles. The number of piperidine rings is 1. The van der Waals surface area contributed by atoms with Crippen LogP contribution in [0.5, 0.6) is 0 Å². The van der Waals surface area contributed by atoms with Gasteiger partial charge in [-0.05, 0) is 30.5 Å². The second kappa shape index (κ2) is 9.17. The highest BCUT2D eigenvalue weighted by Crippen LogP contribution is 2.12. The number of aliphatic imine (C=N–C) groups is 1. The van der Waals surface area contributed by atoms with Crippen LogP contribution in [0.2, 0.25) is 0 Å². The van der Waals surface area contributed by atoms with E-state index in [4.69, 9.17) is 0 Å². The standard InChI is InChI=1S/C16H23BrF2N4/c1-20-16(21-10-12-2-4-13(17)5-3-12)22-14-6-8-23(9-7-14)11-15(18)19/h2-5,14-15H,6-11H2,1H3,(H2,20,21,22). The molecule has 0 aromatic heterocycles. The van der Waals surface area contributed by atoms with Crippen molar-refractivity contribution in [2.45, 2.75) is 31.9 Å². The van der Waals surface area contributed by atoms with E-state index < -0.39 is 6.43 Å². The Bertz CT molecular complexity index is 499. The summed E-state index contributed by atoms with van der Waals surface area (Å²) in [7, 11) is 1.74. The molecule has 0 amide bonds. The zero-order valence-corrected chi connectivity index (χ0v) is 14.8. The molecule has 0 bridgehead atoms. The summed E-state index contributed by atoms with van der Waals surface area (Å²) < 4.78 is 25.8. The monoisotopic (exact) mass is 388 g/mol. The lowest BCUT2D eigenvalue weighted by atomic mass is 10.1. The van der Waals surface area contributed by atoms with Crippen molar-refractivity contribution in [2.75, 3.05) is 26.7 Å². The lowest BCUT2D eigenvalue weighted by Gasteiger charge is -2.32. The Balaban J connectivity index is 1.74. The van der Waals surface area contributed by atoms with Crippen molar-refractivity contribution in [3.8, 4) is 0 Å². The van der Waals surface area contributed by atoms with Crippen molar-refractivity contribution < 1.29 is 8.78 Å². The summed E-state index contributed by atoms with van der Waals surface area (Å²) in [5, 5.41) is 6.66. The van der Waals surface area contributed by atoms with Gasteiger partial charge in [-0.3, -0.25) is 9.89 Å². The first-order valence-electron chi connectivity index (χ1n) is 7.79. The number of rotatable bonds is 5. The third kappa shape index (κ3) is 6.43. The fourth-order valence-electron chi connectivity index (χ4n) is 2.63. The molecule has 2 N–H and O–H groups in total. The van der Waals surface area contributed by atoms with Gasteiger partial charge in [0, 0.05) is 37.2 Å². The lowest BCUT2D eigenvalue weighted by Crippen LogP contribution is -2.49. The average Bonchev–Trinajstić information content (AvgIpc) is 2.54. The van der Waals surface area contributed by atoms with E-state index in [2.05, 4.69) is 31.6 Å². The summed E-state index contributed by atoms with van der Waals surface area (Å²) in [5.41, 5.74) is 1.17. The van der Waals surface area contributed by atoms with Crippen LogP contribution in [0.1, 0.15) is 18.4 Å². The summed E-state index contributed by atoms with van der Waals surface area (Å²) in [6, 6.07) is 8.39. The number of nitrogens with zero attached hydrogens (tertiary/aromatic N) is 2. The number of benzene rings is 1. The second-order valence-electron chi connectivity index (χ2n) is 5.66. The molecule has 1 aromatic rings. The molecular weight excluding hydrogens is 366 g/mol. The third-order valence-electron chi connectivity index (χ3n) is 3.92. The summed E-state index contributed by atoms with van der Waals surface area (Å²) in [4.78, 5) is 6.05. The number of likely N-dealkylation sites (tertiary alicyclic amines) is 1. The van der Waals surface area contributed by atoms with E-state index in [0.717, 1.165) is 23.3 Å². The first-order valence-corrected chi connectivity index (χ1v) is 8.58. The minimum Gasteiger partial charge on any atom is -0.354 e. The summed E-state index contributed by atoms with van der Waals surface area (Å²) >= 11 is 3.42. The minimum atomic E-state index is -2.25. The number of guanidine groups is 1. The molecule has 1 fully saturated rings. The molecule has 0 spiro atoms. The number of hydrogen-bond acceptors (Lipinski definition) is 2. The molecule has 1 saturated heterocycles. The minimum absolute atomic E-state index is 0.122. The molecule has 128 valence electrons. The molecule has 4 nitrogen and oxygen atoms in total. The molecular formula is C16H23BrF2N4. The molecule has 7 heteroatoms. The fraction of sp³-hybridized carbons (Fsp3) is 0.562. The van der Waals surface area contributed by atoms with Crippen LogP contribution in [-0.2, 0) is 6.54 Å². The van der Waals surface area contributed by atoms with Gasteiger partial charge in [0.05, 0.1) is 6.54 Å². The van der Waals surface area contributed by atoms with E-state index >= 15 is 0 Å². The van der Waals surface area contributed by atoms with Gasteiger partial charge in [-0.15, -0.1) is 0 Å². The molecule has 1 heterocycles. The van der Waals surface area contributed by atoms with Crippen molar-refractivity contribution in [3.05, 3.63) is 34.3 Å².